The highest BCUT2D eigenvalue weighted by atomic mass is 16.8. The Kier molecular flexibility index (Phi) is 5.55. The van der Waals surface area contributed by atoms with Crippen LogP contribution < -0.4 is 0 Å². The molecule has 2 saturated heterocycles. The molecule has 0 amide bonds. The lowest BCUT2D eigenvalue weighted by Gasteiger charge is -2.58. The van der Waals surface area contributed by atoms with E-state index < -0.39 is 36.2 Å². The van der Waals surface area contributed by atoms with Crippen LogP contribution in [0.4, 0.5) is 0 Å². The maximum Gasteiger partial charge on any atom is 0.305 e. The van der Waals surface area contributed by atoms with Gasteiger partial charge in [0.15, 0.2) is 11.7 Å². The summed E-state index contributed by atoms with van der Waals surface area (Å²) >= 11 is 0. The third-order valence-electron chi connectivity index (χ3n) is 8.91. The van der Waals surface area contributed by atoms with Gasteiger partial charge in [-0.05, 0) is 61.7 Å². The summed E-state index contributed by atoms with van der Waals surface area (Å²) in [4.78, 5) is 23.1. The maximum absolute atomic E-state index is 11.7. The van der Waals surface area contributed by atoms with Gasteiger partial charge >= 0.3 is 11.9 Å². The lowest BCUT2D eigenvalue weighted by Crippen LogP contribution is -2.51. The quantitative estimate of drug-likeness (QED) is 0.409. The summed E-state index contributed by atoms with van der Waals surface area (Å²) < 4.78 is 22.2. The van der Waals surface area contributed by atoms with Crippen molar-refractivity contribution in [1.29, 1.82) is 0 Å². The van der Waals surface area contributed by atoms with Crippen LogP contribution in [-0.4, -0.2) is 47.4 Å². The molecule has 31 heavy (non-hydrogen) atoms. The molecule has 0 aromatic rings. The van der Waals surface area contributed by atoms with Crippen LogP contribution in [-0.2, 0) is 28.5 Å². The lowest BCUT2D eigenvalue weighted by atomic mass is 9.47. The van der Waals surface area contributed by atoms with Crippen molar-refractivity contribution in [1.82, 2.24) is 0 Å². The molecule has 0 bridgehead atoms. The third-order valence-corrected chi connectivity index (χ3v) is 8.91. The molecule has 0 unspecified atom stereocenters. The number of aliphatic hydroxyl groups excluding tert-OH is 1. The fourth-order valence-corrected chi connectivity index (χ4v) is 6.72. The standard InChI is InChI=1S/C24H36O7/c1-13-8-7-9-17-22(13,5)11-10-14(2)23(17,6)12-18-24(31-18)19(27)20(28-15(3)25)30-21(24)29-16(4)26/h8,14,17-21,27H,7,9-12H2,1-6H3/t14-,17+,18-,19-,20+,21-,22+,23+,24-/m1/s1. The number of epoxide rings is 1. The van der Waals surface area contributed by atoms with Crippen molar-refractivity contribution in [2.75, 3.05) is 0 Å². The predicted molar refractivity (Wildman–Crippen MR) is 112 cm³/mol. The minimum absolute atomic E-state index is 0.00327. The topological polar surface area (TPSA) is 94.6 Å². The zero-order chi connectivity index (χ0) is 22.8. The molecule has 1 N–H and O–H groups in total. The van der Waals surface area contributed by atoms with Crippen molar-refractivity contribution < 1.29 is 33.6 Å². The van der Waals surface area contributed by atoms with Crippen molar-refractivity contribution in [2.24, 2.45) is 22.7 Å². The van der Waals surface area contributed by atoms with Gasteiger partial charge in [-0.3, -0.25) is 14.3 Å². The second-order valence-electron chi connectivity index (χ2n) is 10.5. The molecule has 4 aliphatic rings. The van der Waals surface area contributed by atoms with Gasteiger partial charge in [0.2, 0.25) is 12.6 Å². The van der Waals surface area contributed by atoms with Crippen LogP contribution in [0.3, 0.4) is 0 Å². The van der Waals surface area contributed by atoms with Gasteiger partial charge in [-0.25, -0.2) is 0 Å². The smallest absolute Gasteiger partial charge is 0.305 e. The average molecular weight is 437 g/mol. The normalized spacial score (nSPS) is 48.7. The number of hydrogen-bond donors (Lipinski definition) is 1. The first-order valence-corrected chi connectivity index (χ1v) is 11.5. The van der Waals surface area contributed by atoms with Gasteiger partial charge < -0.3 is 19.3 Å². The Morgan fingerprint density at radius 2 is 1.87 bits per heavy atom. The highest BCUT2D eigenvalue weighted by Crippen LogP contribution is 2.65. The minimum Gasteiger partial charge on any atom is -0.433 e. The van der Waals surface area contributed by atoms with E-state index in [4.69, 9.17) is 18.9 Å². The molecule has 0 radical (unpaired) electrons. The van der Waals surface area contributed by atoms with Crippen LogP contribution >= 0.6 is 0 Å². The van der Waals surface area contributed by atoms with E-state index >= 15 is 0 Å². The molecule has 2 aliphatic carbocycles. The highest BCUT2D eigenvalue weighted by molar-refractivity contribution is 5.67. The first-order chi connectivity index (χ1) is 14.4. The molecule has 7 nitrogen and oxygen atoms in total. The second kappa shape index (κ2) is 7.56. The van der Waals surface area contributed by atoms with Crippen LogP contribution in [0, 0.1) is 22.7 Å². The van der Waals surface area contributed by atoms with E-state index in [1.54, 1.807) is 0 Å². The highest BCUT2D eigenvalue weighted by Gasteiger charge is 2.76. The number of rotatable bonds is 4. The number of hydrogen-bond acceptors (Lipinski definition) is 7. The number of esters is 2. The number of fused-ring (bicyclic) bond motifs is 1. The van der Waals surface area contributed by atoms with Gasteiger partial charge in [0.05, 0.1) is 6.10 Å². The molecule has 2 aliphatic heterocycles. The summed E-state index contributed by atoms with van der Waals surface area (Å²) in [5.41, 5.74) is 0.450. The average Bonchev–Trinajstić information content (AvgIpc) is 3.33. The Hall–Kier alpha value is -1.44. The Bertz CT molecular complexity index is 793. The summed E-state index contributed by atoms with van der Waals surface area (Å²) in [6.07, 6.45) is 3.79. The molecule has 1 saturated carbocycles. The van der Waals surface area contributed by atoms with Gasteiger partial charge in [0.25, 0.3) is 0 Å². The summed E-state index contributed by atoms with van der Waals surface area (Å²) in [5.74, 6) is -0.111. The first-order valence-electron chi connectivity index (χ1n) is 11.5. The summed E-state index contributed by atoms with van der Waals surface area (Å²) in [6.45, 7) is 11.8. The summed E-state index contributed by atoms with van der Waals surface area (Å²) in [6, 6.07) is 0. The van der Waals surface area contributed by atoms with E-state index in [-0.39, 0.29) is 16.9 Å². The van der Waals surface area contributed by atoms with Crippen LogP contribution in [0.5, 0.6) is 0 Å². The number of ether oxygens (including phenoxy) is 4. The number of aliphatic hydroxyl groups is 1. The fourth-order valence-electron chi connectivity index (χ4n) is 6.72. The Labute approximate surface area is 184 Å². The van der Waals surface area contributed by atoms with Crippen molar-refractivity contribution in [3.05, 3.63) is 11.6 Å². The third kappa shape index (κ3) is 3.44. The maximum atomic E-state index is 11.7. The van der Waals surface area contributed by atoms with E-state index in [2.05, 4.69) is 33.8 Å². The van der Waals surface area contributed by atoms with Crippen LogP contribution in [0.1, 0.15) is 73.6 Å². The van der Waals surface area contributed by atoms with E-state index in [1.165, 1.54) is 25.8 Å². The molecule has 1 spiro atoms. The van der Waals surface area contributed by atoms with Gasteiger partial charge in [0, 0.05) is 13.8 Å². The monoisotopic (exact) mass is 436 g/mol. The van der Waals surface area contributed by atoms with Gasteiger partial charge in [-0.2, -0.15) is 0 Å². The molecule has 174 valence electrons. The zero-order valence-electron chi connectivity index (χ0n) is 19.5. The van der Waals surface area contributed by atoms with Crippen LogP contribution in [0.15, 0.2) is 11.6 Å². The molecule has 0 aromatic heterocycles. The Morgan fingerprint density at radius 3 is 2.52 bits per heavy atom. The van der Waals surface area contributed by atoms with Gasteiger partial charge in [-0.1, -0.05) is 32.4 Å². The van der Waals surface area contributed by atoms with Crippen molar-refractivity contribution >= 4 is 11.9 Å². The van der Waals surface area contributed by atoms with Gasteiger partial charge in [0.1, 0.15) is 0 Å². The molecule has 7 heteroatoms. The zero-order valence-corrected chi connectivity index (χ0v) is 19.5. The van der Waals surface area contributed by atoms with Crippen LogP contribution in [0.25, 0.3) is 0 Å². The summed E-state index contributed by atoms with van der Waals surface area (Å²) in [7, 11) is 0. The summed E-state index contributed by atoms with van der Waals surface area (Å²) in [5, 5.41) is 11.0. The van der Waals surface area contributed by atoms with E-state index in [0.29, 0.717) is 11.8 Å². The van der Waals surface area contributed by atoms with E-state index in [0.717, 1.165) is 25.7 Å². The predicted octanol–water partition coefficient (Wildman–Crippen LogP) is 3.48. The number of carbonyl (C=O) groups is 2. The molecule has 9 atom stereocenters. The van der Waals surface area contributed by atoms with Crippen molar-refractivity contribution in [3.8, 4) is 0 Å². The molecular formula is C24H36O7. The second-order valence-corrected chi connectivity index (χ2v) is 10.5. The molecule has 2 heterocycles. The number of carbonyl (C=O) groups excluding carboxylic acids is 2. The van der Waals surface area contributed by atoms with Crippen LogP contribution in [0.2, 0.25) is 0 Å². The lowest BCUT2D eigenvalue weighted by molar-refractivity contribution is -0.218. The molecule has 3 fully saturated rings. The van der Waals surface area contributed by atoms with Crippen molar-refractivity contribution in [3.63, 3.8) is 0 Å². The Morgan fingerprint density at radius 1 is 1.19 bits per heavy atom. The fraction of sp³-hybridized carbons (Fsp3) is 0.833. The first kappa shape index (κ1) is 22.7. The molecular weight excluding hydrogens is 400 g/mol. The SMILES string of the molecule is CC(=O)O[C@H]1O[C@@H](OC(C)=O)[C@]2(O[C@@H]2C[C@@]2(C)[C@H](C)CC[C@@]3(C)C(C)=CCC[C@H]23)[C@@H]1O. The minimum atomic E-state index is -1.22. The Balaban J connectivity index is 1.60. The van der Waals surface area contributed by atoms with E-state index in [1.807, 2.05) is 0 Å². The molecule has 0 aromatic carbocycles. The number of allylic oxidation sites excluding steroid dienone is 2. The largest absolute Gasteiger partial charge is 0.433 e. The van der Waals surface area contributed by atoms with E-state index in [9.17, 15) is 14.7 Å². The van der Waals surface area contributed by atoms with Crippen molar-refractivity contribution in [2.45, 2.75) is 104 Å². The molecule has 4 rings (SSSR count). The van der Waals surface area contributed by atoms with Gasteiger partial charge in [-0.15, -0.1) is 0 Å².